The van der Waals surface area contributed by atoms with Gasteiger partial charge in [-0.2, -0.15) is 0 Å². The van der Waals surface area contributed by atoms with Gasteiger partial charge in [0.05, 0.1) is 5.69 Å². The van der Waals surface area contributed by atoms with E-state index in [4.69, 9.17) is 9.47 Å². The Morgan fingerprint density at radius 3 is 2.72 bits per heavy atom. The number of aromatic hydroxyl groups is 1. The zero-order valence-corrected chi connectivity index (χ0v) is 14.8. The number of anilines is 2. The smallest absolute Gasteiger partial charge is 0.231 e. The third-order valence-corrected chi connectivity index (χ3v) is 5.05. The average Bonchev–Trinajstić information content (AvgIpc) is 3.26. The van der Waals surface area contributed by atoms with E-state index in [2.05, 4.69) is 20.5 Å². The number of nitrogens with one attached hydrogen (secondary N) is 1. The van der Waals surface area contributed by atoms with Crippen LogP contribution in [0.4, 0.5) is 10.9 Å². The molecule has 0 amide bonds. The summed E-state index contributed by atoms with van der Waals surface area (Å²) in [6.07, 6.45) is 0. The van der Waals surface area contributed by atoms with Crippen LogP contribution in [0.3, 0.4) is 0 Å². The van der Waals surface area contributed by atoms with Crippen LogP contribution in [0.5, 0.6) is 17.2 Å². The van der Waals surface area contributed by atoms with Gasteiger partial charge in [0.25, 0.3) is 0 Å². The molecule has 2 aromatic heterocycles. The quantitative estimate of drug-likeness (QED) is 0.739. The van der Waals surface area contributed by atoms with Gasteiger partial charge in [-0.25, -0.2) is 4.98 Å². The lowest BCUT2D eigenvalue weighted by molar-refractivity contribution is 0.174. The second-order valence-electron chi connectivity index (χ2n) is 5.75. The van der Waals surface area contributed by atoms with Gasteiger partial charge >= 0.3 is 0 Å². The van der Waals surface area contributed by atoms with Crippen LogP contribution in [0.2, 0.25) is 0 Å². The summed E-state index contributed by atoms with van der Waals surface area (Å²) in [6.45, 7) is 5.78. The fraction of sp³-hybridized carbons (Fsp3) is 0.235. The summed E-state index contributed by atoms with van der Waals surface area (Å²) in [5, 5.41) is 23.0. The topological polar surface area (TPSA) is 89.4 Å². The summed E-state index contributed by atoms with van der Waals surface area (Å²) in [4.78, 5) is 4.40. The van der Waals surface area contributed by atoms with Crippen molar-refractivity contribution in [2.75, 3.05) is 12.1 Å². The maximum absolute atomic E-state index is 9.97. The van der Waals surface area contributed by atoms with Gasteiger partial charge in [0, 0.05) is 5.56 Å². The first-order chi connectivity index (χ1) is 12.0. The highest BCUT2D eigenvalue weighted by atomic mass is 32.1. The first-order valence-electron chi connectivity index (χ1n) is 7.70. The monoisotopic (exact) mass is 356 g/mol. The molecular formula is C17H16N4O3S. The molecule has 0 saturated heterocycles. The molecule has 0 atom stereocenters. The summed E-state index contributed by atoms with van der Waals surface area (Å²) in [6, 6.07) is 5.69. The van der Waals surface area contributed by atoms with Gasteiger partial charge < -0.3 is 19.9 Å². The van der Waals surface area contributed by atoms with Crippen molar-refractivity contribution in [1.29, 1.82) is 0 Å². The molecule has 8 heteroatoms. The number of benzene rings is 1. The molecule has 3 aromatic rings. The Morgan fingerprint density at radius 2 is 1.88 bits per heavy atom. The van der Waals surface area contributed by atoms with Crippen LogP contribution in [0.25, 0.3) is 10.6 Å². The van der Waals surface area contributed by atoms with Crippen molar-refractivity contribution in [3.05, 3.63) is 35.0 Å². The zero-order chi connectivity index (χ0) is 17.6. The second kappa shape index (κ2) is 5.89. The molecule has 2 N–H and O–H groups in total. The molecule has 0 saturated carbocycles. The molecule has 0 unspecified atom stereocenters. The Morgan fingerprint density at radius 1 is 1.08 bits per heavy atom. The van der Waals surface area contributed by atoms with Crippen LogP contribution >= 0.6 is 11.3 Å². The van der Waals surface area contributed by atoms with Crippen molar-refractivity contribution >= 4 is 22.3 Å². The standard InChI is InChI=1S/C17H16N4O3S/c1-8-9(2)15(18-10(3)14(8)22)19-17-21-20-16(25-17)11-4-5-12-13(6-11)24-7-23-12/h4-6,22H,7H2,1-3H3,(H,18,19,21). The Labute approximate surface area is 148 Å². The largest absolute Gasteiger partial charge is 0.506 e. The third-order valence-electron chi connectivity index (χ3n) is 4.16. The zero-order valence-electron chi connectivity index (χ0n) is 14.0. The van der Waals surface area contributed by atoms with Crippen LogP contribution in [0.15, 0.2) is 18.2 Å². The van der Waals surface area contributed by atoms with Crippen molar-refractivity contribution in [2.45, 2.75) is 20.8 Å². The molecule has 128 valence electrons. The summed E-state index contributed by atoms with van der Waals surface area (Å²) in [5.41, 5.74) is 3.17. The highest BCUT2D eigenvalue weighted by Crippen LogP contribution is 2.38. The molecule has 0 spiro atoms. The number of pyridine rings is 1. The van der Waals surface area contributed by atoms with E-state index in [0.717, 1.165) is 27.4 Å². The normalized spacial score (nSPS) is 12.4. The van der Waals surface area contributed by atoms with Crippen LogP contribution < -0.4 is 14.8 Å². The van der Waals surface area contributed by atoms with E-state index in [1.165, 1.54) is 11.3 Å². The van der Waals surface area contributed by atoms with Gasteiger partial charge in [0.1, 0.15) is 16.6 Å². The van der Waals surface area contributed by atoms with Crippen molar-refractivity contribution < 1.29 is 14.6 Å². The molecule has 0 bridgehead atoms. The predicted octanol–water partition coefficient (Wildman–Crippen LogP) is 3.70. The van der Waals surface area contributed by atoms with Crippen LogP contribution in [-0.2, 0) is 0 Å². The SMILES string of the molecule is Cc1nc(Nc2nnc(-c3ccc4c(c3)OCO4)s2)c(C)c(C)c1O. The van der Waals surface area contributed by atoms with E-state index in [1.807, 2.05) is 32.0 Å². The van der Waals surface area contributed by atoms with Gasteiger partial charge in [-0.15, -0.1) is 10.2 Å². The number of fused-ring (bicyclic) bond motifs is 1. The summed E-state index contributed by atoms with van der Waals surface area (Å²) >= 11 is 1.42. The lowest BCUT2D eigenvalue weighted by atomic mass is 10.1. The van der Waals surface area contributed by atoms with Crippen molar-refractivity contribution in [1.82, 2.24) is 15.2 Å². The highest BCUT2D eigenvalue weighted by Gasteiger charge is 2.17. The van der Waals surface area contributed by atoms with Crippen LogP contribution in [-0.4, -0.2) is 27.1 Å². The van der Waals surface area contributed by atoms with Gasteiger partial charge in [0.15, 0.2) is 11.5 Å². The second-order valence-corrected chi connectivity index (χ2v) is 6.73. The maximum atomic E-state index is 9.97. The minimum absolute atomic E-state index is 0.223. The van der Waals surface area contributed by atoms with Gasteiger partial charge in [0.2, 0.25) is 11.9 Å². The summed E-state index contributed by atoms with van der Waals surface area (Å²) < 4.78 is 10.7. The number of rotatable bonds is 3. The molecule has 0 fully saturated rings. The number of aromatic nitrogens is 3. The van der Waals surface area contributed by atoms with Crippen LogP contribution in [0, 0.1) is 20.8 Å². The molecule has 3 heterocycles. The molecule has 4 rings (SSSR count). The Balaban J connectivity index is 1.62. The van der Waals surface area contributed by atoms with E-state index in [-0.39, 0.29) is 12.5 Å². The minimum atomic E-state index is 0.223. The molecule has 0 radical (unpaired) electrons. The summed E-state index contributed by atoms with van der Waals surface area (Å²) in [7, 11) is 0. The van der Waals surface area contributed by atoms with Gasteiger partial charge in [-0.1, -0.05) is 11.3 Å². The van der Waals surface area contributed by atoms with E-state index >= 15 is 0 Å². The van der Waals surface area contributed by atoms with Crippen molar-refractivity contribution in [3.63, 3.8) is 0 Å². The van der Waals surface area contributed by atoms with Gasteiger partial charge in [-0.05, 0) is 50.1 Å². The molecule has 25 heavy (non-hydrogen) atoms. The van der Waals surface area contributed by atoms with E-state index in [0.29, 0.717) is 22.4 Å². The number of ether oxygens (including phenoxy) is 2. The molecule has 7 nitrogen and oxygen atoms in total. The van der Waals surface area contributed by atoms with Crippen molar-refractivity contribution in [2.24, 2.45) is 0 Å². The molecular weight excluding hydrogens is 340 g/mol. The molecule has 0 aliphatic carbocycles. The first kappa shape index (κ1) is 15.6. The van der Waals surface area contributed by atoms with Crippen molar-refractivity contribution in [3.8, 4) is 27.8 Å². The maximum Gasteiger partial charge on any atom is 0.231 e. The first-order valence-corrected chi connectivity index (χ1v) is 8.52. The Kier molecular flexibility index (Phi) is 3.69. The number of hydrogen-bond acceptors (Lipinski definition) is 8. The minimum Gasteiger partial charge on any atom is -0.506 e. The fourth-order valence-corrected chi connectivity index (χ4v) is 3.31. The fourth-order valence-electron chi connectivity index (χ4n) is 2.57. The lowest BCUT2D eigenvalue weighted by Crippen LogP contribution is -2.00. The van der Waals surface area contributed by atoms with E-state index in [1.54, 1.807) is 6.92 Å². The molecule has 1 aliphatic rings. The van der Waals surface area contributed by atoms with Crippen LogP contribution in [0.1, 0.15) is 16.8 Å². The lowest BCUT2D eigenvalue weighted by Gasteiger charge is -2.11. The van der Waals surface area contributed by atoms with E-state index in [9.17, 15) is 5.11 Å². The summed E-state index contributed by atoms with van der Waals surface area (Å²) in [5.74, 6) is 2.34. The molecule has 1 aromatic carbocycles. The third kappa shape index (κ3) is 2.74. The Bertz CT molecular complexity index is 971. The molecule has 1 aliphatic heterocycles. The average molecular weight is 356 g/mol. The number of hydrogen-bond donors (Lipinski definition) is 2. The number of nitrogens with zero attached hydrogens (tertiary/aromatic N) is 3. The highest BCUT2D eigenvalue weighted by molar-refractivity contribution is 7.18. The predicted molar refractivity (Wildman–Crippen MR) is 94.9 cm³/mol. The van der Waals surface area contributed by atoms with E-state index < -0.39 is 0 Å². The van der Waals surface area contributed by atoms with Gasteiger partial charge in [-0.3, -0.25) is 0 Å². The number of aryl methyl sites for hydroxylation is 1. The Hall–Kier alpha value is -2.87.